The summed E-state index contributed by atoms with van der Waals surface area (Å²) in [5.74, 6) is -3.09. The fourth-order valence-electron chi connectivity index (χ4n) is 1.39. The molecule has 8 heteroatoms. The van der Waals surface area contributed by atoms with Crippen LogP contribution in [0.2, 0.25) is 0 Å². The molecule has 0 heterocycles. The predicted molar refractivity (Wildman–Crippen MR) is 72.6 cm³/mol. The van der Waals surface area contributed by atoms with Crippen LogP contribution >= 0.6 is 0 Å². The molecular weight excluding hydrogens is 296 g/mol. The van der Waals surface area contributed by atoms with Gasteiger partial charge in [0.15, 0.2) is 0 Å². The molecule has 0 spiro atoms. The highest BCUT2D eigenvalue weighted by Crippen LogP contribution is 2.20. The van der Waals surface area contributed by atoms with E-state index in [0.717, 1.165) is 7.11 Å². The topological polar surface area (TPSA) is 113 Å². The Morgan fingerprint density at radius 1 is 0.818 bits per heavy atom. The molecule has 0 aliphatic heterocycles. The van der Waals surface area contributed by atoms with Crippen LogP contribution in [0.25, 0.3) is 0 Å². The number of rotatable bonds is 9. The van der Waals surface area contributed by atoms with Gasteiger partial charge < -0.3 is 14.2 Å². The van der Waals surface area contributed by atoms with Crippen LogP contribution < -0.4 is 0 Å². The van der Waals surface area contributed by atoms with Crippen LogP contribution in [0.15, 0.2) is 0 Å². The molecule has 0 aromatic heterocycles. The van der Waals surface area contributed by atoms with E-state index in [1.807, 2.05) is 0 Å². The first-order valence-electron chi connectivity index (χ1n) is 6.49. The number of carbonyl (C=O) groups excluding carboxylic acids is 5. The van der Waals surface area contributed by atoms with E-state index >= 15 is 0 Å². The van der Waals surface area contributed by atoms with Crippen LogP contribution in [0.1, 0.15) is 33.6 Å². The summed E-state index contributed by atoms with van der Waals surface area (Å²) in [4.78, 5) is 56.0. The maximum atomic E-state index is 11.8. The van der Waals surface area contributed by atoms with E-state index in [2.05, 4.69) is 4.74 Å². The molecule has 0 fully saturated rings. The first-order valence-corrected chi connectivity index (χ1v) is 6.49. The highest BCUT2D eigenvalue weighted by Gasteiger charge is 2.38. The fourth-order valence-corrected chi connectivity index (χ4v) is 1.39. The highest BCUT2D eigenvalue weighted by molar-refractivity contribution is 5.94. The summed E-state index contributed by atoms with van der Waals surface area (Å²) >= 11 is 0. The molecule has 0 aliphatic carbocycles. The molecule has 22 heavy (non-hydrogen) atoms. The summed E-state index contributed by atoms with van der Waals surface area (Å²) in [6, 6.07) is 0. The summed E-state index contributed by atoms with van der Waals surface area (Å²) in [6.45, 7) is 2.99. The van der Waals surface area contributed by atoms with E-state index < -0.39 is 49.4 Å². The second-order valence-corrected chi connectivity index (χ2v) is 5.13. The van der Waals surface area contributed by atoms with Gasteiger partial charge in [-0.15, -0.1) is 0 Å². The van der Waals surface area contributed by atoms with Gasteiger partial charge >= 0.3 is 17.9 Å². The molecule has 0 aliphatic rings. The lowest BCUT2D eigenvalue weighted by molar-refractivity contribution is -0.168. The maximum Gasteiger partial charge on any atom is 0.318 e. The van der Waals surface area contributed by atoms with Gasteiger partial charge in [-0.1, -0.05) is 0 Å². The molecule has 0 saturated heterocycles. The summed E-state index contributed by atoms with van der Waals surface area (Å²) in [6.07, 6.45) is -0.831. The van der Waals surface area contributed by atoms with Gasteiger partial charge in [0.2, 0.25) is 0 Å². The van der Waals surface area contributed by atoms with Crippen molar-refractivity contribution in [2.45, 2.75) is 33.6 Å². The molecule has 0 unspecified atom stereocenters. The molecule has 0 radical (unpaired) electrons. The van der Waals surface area contributed by atoms with Crippen LogP contribution in [0.3, 0.4) is 0 Å². The Labute approximate surface area is 128 Å². The van der Waals surface area contributed by atoms with E-state index in [0.29, 0.717) is 0 Å². The molecule has 0 aromatic rings. The van der Waals surface area contributed by atoms with Crippen LogP contribution in [0.5, 0.6) is 0 Å². The lowest BCUT2D eigenvalue weighted by atomic mass is 9.93. The van der Waals surface area contributed by atoms with Crippen molar-refractivity contribution in [3.63, 3.8) is 0 Å². The lowest BCUT2D eigenvalue weighted by Gasteiger charge is -2.25. The van der Waals surface area contributed by atoms with Crippen LogP contribution in [0.4, 0.5) is 0 Å². The van der Waals surface area contributed by atoms with Crippen LogP contribution in [-0.4, -0.2) is 49.8 Å². The summed E-state index contributed by atoms with van der Waals surface area (Å²) < 4.78 is 14.3. The first kappa shape index (κ1) is 19.8. The van der Waals surface area contributed by atoms with E-state index in [-0.39, 0.29) is 11.6 Å². The van der Waals surface area contributed by atoms with E-state index in [9.17, 15) is 24.0 Å². The molecule has 0 atom stereocenters. The minimum absolute atomic E-state index is 0.377. The normalized spacial score (nSPS) is 10.5. The Kier molecular flexibility index (Phi) is 8.00. The van der Waals surface area contributed by atoms with Crippen LogP contribution in [0, 0.1) is 5.41 Å². The first-order chi connectivity index (χ1) is 10.1. The molecule has 8 nitrogen and oxygen atoms in total. The molecule has 0 rings (SSSR count). The number of hydrogen-bond donors (Lipinski definition) is 0. The molecular formula is C14H20O8. The number of ketones is 2. The number of hydrogen-bond acceptors (Lipinski definition) is 8. The Bertz CT molecular complexity index is 433. The van der Waals surface area contributed by atoms with Crippen molar-refractivity contribution in [1.82, 2.24) is 0 Å². The highest BCUT2D eigenvalue weighted by atomic mass is 16.6. The molecule has 0 saturated carbocycles. The zero-order valence-electron chi connectivity index (χ0n) is 13.1. The number of carbonyl (C=O) groups is 5. The lowest BCUT2D eigenvalue weighted by Crippen LogP contribution is -2.40. The van der Waals surface area contributed by atoms with Crippen molar-refractivity contribution < 1.29 is 38.2 Å². The van der Waals surface area contributed by atoms with E-state index in [1.54, 1.807) is 0 Å². The summed E-state index contributed by atoms with van der Waals surface area (Å²) in [7, 11) is 1.13. The Morgan fingerprint density at radius 2 is 1.18 bits per heavy atom. The minimum Gasteiger partial charge on any atom is -0.468 e. The largest absolute Gasteiger partial charge is 0.468 e. The second-order valence-electron chi connectivity index (χ2n) is 5.13. The molecule has 0 amide bonds. The monoisotopic (exact) mass is 316 g/mol. The van der Waals surface area contributed by atoms with Gasteiger partial charge in [0.25, 0.3) is 0 Å². The molecule has 124 valence electrons. The maximum absolute atomic E-state index is 11.8. The molecule has 0 bridgehead atoms. The van der Waals surface area contributed by atoms with E-state index in [4.69, 9.17) is 9.47 Å². The van der Waals surface area contributed by atoms with Crippen molar-refractivity contribution in [2.24, 2.45) is 5.41 Å². The third-order valence-electron chi connectivity index (χ3n) is 2.57. The van der Waals surface area contributed by atoms with Gasteiger partial charge in [0.05, 0.1) is 7.11 Å². The van der Waals surface area contributed by atoms with Crippen molar-refractivity contribution in [2.75, 3.05) is 20.3 Å². The third-order valence-corrected chi connectivity index (χ3v) is 2.57. The Morgan fingerprint density at radius 3 is 1.45 bits per heavy atom. The van der Waals surface area contributed by atoms with Crippen molar-refractivity contribution in [1.29, 1.82) is 0 Å². The average Bonchev–Trinajstić information content (AvgIpc) is 2.40. The standard InChI is InChI=1S/C14H20O8/c1-9(15)5-11(17)21-7-14(3,13(19)20-4)8-22-12(18)6-10(2)16/h5-8H2,1-4H3. The van der Waals surface area contributed by atoms with Gasteiger partial charge in [-0.05, 0) is 20.8 Å². The zero-order valence-corrected chi connectivity index (χ0v) is 13.1. The van der Waals surface area contributed by atoms with Crippen LogP contribution in [-0.2, 0) is 38.2 Å². The van der Waals surface area contributed by atoms with E-state index in [1.165, 1.54) is 20.8 Å². The number of esters is 3. The van der Waals surface area contributed by atoms with Crippen molar-refractivity contribution in [3.8, 4) is 0 Å². The fraction of sp³-hybridized carbons (Fsp3) is 0.643. The number of ether oxygens (including phenoxy) is 3. The SMILES string of the molecule is COC(=O)C(C)(COC(=O)CC(C)=O)COC(=O)CC(C)=O. The van der Waals surface area contributed by atoms with Gasteiger partial charge in [-0.25, -0.2) is 0 Å². The summed E-state index contributed by atoms with van der Waals surface area (Å²) in [5.41, 5.74) is -1.42. The van der Waals surface area contributed by atoms with Gasteiger partial charge in [-0.2, -0.15) is 0 Å². The van der Waals surface area contributed by atoms with Crippen molar-refractivity contribution >= 4 is 29.5 Å². The second kappa shape index (κ2) is 8.91. The van der Waals surface area contributed by atoms with Gasteiger partial charge in [0.1, 0.15) is 43.0 Å². The predicted octanol–water partition coefficient (Wildman–Crippen LogP) is 0.210. The third kappa shape index (κ3) is 7.51. The number of Topliss-reactive ketones (excluding diaryl/α,β-unsaturated/α-hetero) is 2. The zero-order chi connectivity index (χ0) is 17.3. The molecule has 0 aromatic carbocycles. The number of methoxy groups -OCH3 is 1. The van der Waals surface area contributed by atoms with Crippen molar-refractivity contribution in [3.05, 3.63) is 0 Å². The Hall–Kier alpha value is -2.25. The minimum atomic E-state index is -1.42. The quantitative estimate of drug-likeness (QED) is 0.337. The Balaban J connectivity index is 4.69. The average molecular weight is 316 g/mol. The molecule has 0 N–H and O–H groups in total. The van der Waals surface area contributed by atoms with Gasteiger partial charge in [-0.3, -0.25) is 24.0 Å². The van der Waals surface area contributed by atoms with Gasteiger partial charge in [0, 0.05) is 0 Å². The smallest absolute Gasteiger partial charge is 0.318 e. The summed E-state index contributed by atoms with van der Waals surface area (Å²) in [5, 5.41) is 0.